The molecule has 0 spiro atoms. The highest BCUT2D eigenvalue weighted by Crippen LogP contribution is 2.41. The number of aromatic nitrogens is 2. The fraction of sp³-hybridized carbons (Fsp3) is 0.812. The highest BCUT2D eigenvalue weighted by molar-refractivity contribution is 5.05. The van der Waals surface area contributed by atoms with E-state index in [2.05, 4.69) is 30.5 Å². The molecule has 0 bridgehead atoms. The Hall–Kier alpha value is -0.830. The number of nitrogens with one attached hydrogen (secondary N) is 1. The second kappa shape index (κ2) is 6.56. The van der Waals surface area contributed by atoms with E-state index < -0.39 is 0 Å². The average Bonchev–Trinajstić information content (AvgIpc) is 2.96. The topological polar surface area (TPSA) is 29.9 Å². The number of aryl methyl sites for hydroxylation is 2. The molecule has 1 aliphatic carbocycles. The molecule has 3 nitrogen and oxygen atoms in total. The van der Waals surface area contributed by atoms with Crippen LogP contribution in [0.4, 0.5) is 0 Å². The summed E-state index contributed by atoms with van der Waals surface area (Å²) in [6, 6.07) is 0. The van der Waals surface area contributed by atoms with Gasteiger partial charge in [-0.15, -0.1) is 0 Å². The van der Waals surface area contributed by atoms with Crippen molar-refractivity contribution >= 4 is 0 Å². The Bertz CT molecular complexity index is 375. The molecule has 3 heteroatoms. The Morgan fingerprint density at radius 1 is 1.37 bits per heavy atom. The van der Waals surface area contributed by atoms with Gasteiger partial charge in [-0.25, -0.2) is 0 Å². The van der Waals surface area contributed by atoms with Crippen LogP contribution in [0.5, 0.6) is 0 Å². The van der Waals surface area contributed by atoms with Crippen LogP contribution in [0.25, 0.3) is 0 Å². The minimum atomic E-state index is 0.546. The molecule has 2 rings (SSSR count). The van der Waals surface area contributed by atoms with Crippen LogP contribution in [0.1, 0.15) is 51.5 Å². The summed E-state index contributed by atoms with van der Waals surface area (Å²) in [6.07, 6.45) is 12.3. The highest BCUT2D eigenvalue weighted by atomic mass is 15.2. The zero-order valence-electron chi connectivity index (χ0n) is 12.8. The van der Waals surface area contributed by atoms with Gasteiger partial charge < -0.3 is 5.32 Å². The predicted molar refractivity (Wildman–Crippen MR) is 80.1 cm³/mol. The van der Waals surface area contributed by atoms with Crippen molar-refractivity contribution in [2.75, 3.05) is 13.1 Å². The second-order valence-electron chi connectivity index (χ2n) is 6.75. The molecule has 0 aliphatic heterocycles. The van der Waals surface area contributed by atoms with Gasteiger partial charge in [0, 0.05) is 19.8 Å². The molecule has 0 saturated heterocycles. The fourth-order valence-corrected chi connectivity index (χ4v) is 3.28. The number of hydrogen-bond donors (Lipinski definition) is 1. The normalized spacial score (nSPS) is 18.3. The van der Waals surface area contributed by atoms with E-state index in [1.807, 2.05) is 17.9 Å². The van der Waals surface area contributed by atoms with E-state index in [1.165, 1.54) is 50.6 Å². The minimum Gasteiger partial charge on any atom is -0.316 e. The highest BCUT2D eigenvalue weighted by Gasteiger charge is 2.33. The monoisotopic (exact) mass is 263 g/mol. The summed E-state index contributed by atoms with van der Waals surface area (Å²) in [4.78, 5) is 0. The molecule has 1 saturated carbocycles. The predicted octanol–water partition coefficient (Wildman–Crippen LogP) is 3.16. The third-order valence-electron chi connectivity index (χ3n) is 4.42. The Labute approximate surface area is 117 Å². The van der Waals surface area contributed by atoms with Gasteiger partial charge in [0.25, 0.3) is 0 Å². The van der Waals surface area contributed by atoms with E-state index in [0.717, 1.165) is 12.5 Å². The van der Waals surface area contributed by atoms with Crippen LogP contribution in [-0.2, 0) is 13.5 Å². The van der Waals surface area contributed by atoms with Gasteiger partial charge in [0.2, 0.25) is 0 Å². The molecule has 1 aromatic heterocycles. The Kier molecular flexibility index (Phi) is 5.03. The molecule has 0 unspecified atom stereocenters. The summed E-state index contributed by atoms with van der Waals surface area (Å²) in [7, 11) is 2.00. The number of nitrogens with zero attached hydrogens (tertiary/aromatic N) is 2. The largest absolute Gasteiger partial charge is 0.316 e. The van der Waals surface area contributed by atoms with Crippen LogP contribution in [0.2, 0.25) is 0 Å². The van der Waals surface area contributed by atoms with Gasteiger partial charge in [0.05, 0.1) is 6.20 Å². The molecule has 1 aromatic rings. The van der Waals surface area contributed by atoms with Crippen molar-refractivity contribution in [3.8, 4) is 0 Å². The number of rotatable bonds is 7. The molecule has 19 heavy (non-hydrogen) atoms. The van der Waals surface area contributed by atoms with E-state index in [9.17, 15) is 0 Å². The van der Waals surface area contributed by atoms with Crippen molar-refractivity contribution in [3.63, 3.8) is 0 Å². The molecule has 0 aromatic carbocycles. The molecular weight excluding hydrogens is 234 g/mol. The summed E-state index contributed by atoms with van der Waals surface area (Å²) in [5.74, 6) is 0.747. The molecule has 0 radical (unpaired) electrons. The third-order valence-corrected chi connectivity index (χ3v) is 4.42. The van der Waals surface area contributed by atoms with Crippen LogP contribution in [-0.4, -0.2) is 22.9 Å². The van der Waals surface area contributed by atoms with Crippen molar-refractivity contribution in [2.45, 2.75) is 52.4 Å². The summed E-state index contributed by atoms with van der Waals surface area (Å²) in [5.41, 5.74) is 1.93. The second-order valence-corrected chi connectivity index (χ2v) is 6.75. The first-order valence-corrected chi connectivity index (χ1v) is 7.78. The number of hydrogen-bond acceptors (Lipinski definition) is 2. The average molecular weight is 263 g/mol. The zero-order chi connectivity index (χ0) is 13.7. The Morgan fingerprint density at radius 2 is 2.11 bits per heavy atom. The molecule has 1 fully saturated rings. The van der Waals surface area contributed by atoms with Gasteiger partial charge >= 0.3 is 0 Å². The maximum atomic E-state index is 4.27. The van der Waals surface area contributed by atoms with E-state index in [0.29, 0.717) is 5.41 Å². The molecule has 0 amide bonds. The van der Waals surface area contributed by atoms with Gasteiger partial charge in [-0.05, 0) is 49.1 Å². The molecule has 0 atom stereocenters. The smallest absolute Gasteiger partial charge is 0.0521 e. The maximum absolute atomic E-state index is 4.27. The first kappa shape index (κ1) is 14.6. The van der Waals surface area contributed by atoms with Crippen LogP contribution in [0.3, 0.4) is 0 Å². The molecular formula is C16H29N3. The van der Waals surface area contributed by atoms with Crippen molar-refractivity contribution in [1.29, 1.82) is 0 Å². The lowest BCUT2D eigenvalue weighted by molar-refractivity contribution is 0.253. The third kappa shape index (κ3) is 4.34. The van der Waals surface area contributed by atoms with E-state index in [-0.39, 0.29) is 0 Å². The summed E-state index contributed by atoms with van der Waals surface area (Å²) >= 11 is 0. The summed E-state index contributed by atoms with van der Waals surface area (Å²) in [6.45, 7) is 6.91. The Morgan fingerprint density at radius 3 is 2.68 bits per heavy atom. The minimum absolute atomic E-state index is 0.546. The van der Waals surface area contributed by atoms with E-state index in [1.54, 1.807) is 0 Å². The van der Waals surface area contributed by atoms with E-state index in [4.69, 9.17) is 0 Å². The van der Waals surface area contributed by atoms with Gasteiger partial charge in [0.1, 0.15) is 0 Å². The standard InChI is InChI=1S/C16H29N3/c1-14(2)10-17-13-16(7-4-5-8-16)9-6-15-11-18-19(3)12-15/h11-12,14,17H,4-10,13H2,1-3H3. The summed E-state index contributed by atoms with van der Waals surface area (Å²) < 4.78 is 1.91. The van der Waals surface area contributed by atoms with Crippen LogP contribution in [0.15, 0.2) is 12.4 Å². The van der Waals surface area contributed by atoms with Gasteiger partial charge in [-0.2, -0.15) is 5.10 Å². The van der Waals surface area contributed by atoms with Crippen molar-refractivity contribution in [3.05, 3.63) is 18.0 Å². The first-order valence-electron chi connectivity index (χ1n) is 7.78. The van der Waals surface area contributed by atoms with Crippen LogP contribution < -0.4 is 5.32 Å². The zero-order valence-corrected chi connectivity index (χ0v) is 12.8. The lowest BCUT2D eigenvalue weighted by Crippen LogP contribution is -2.34. The molecule has 1 heterocycles. The summed E-state index contributed by atoms with van der Waals surface area (Å²) in [5, 5.41) is 7.96. The first-order chi connectivity index (χ1) is 9.10. The van der Waals surface area contributed by atoms with Gasteiger partial charge in [-0.1, -0.05) is 26.7 Å². The van der Waals surface area contributed by atoms with Crippen LogP contribution >= 0.6 is 0 Å². The van der Waals surface area contributed by atoms with E-state index >= 15 is 0 Å². The Balaban J connectivity index is 1.84. The lowest BCUT2D eigenvalue weighted by Gasteiger charge is -2.30. The SMILES string of the molecule is CC(C)CNCC1(CCc2cnn(C)c2)CCCC1. The van der Waals surface area contributed by atoms with Crippen LogP contribution in [0, 0.1) is 11.3 Å². The maximum Gasteiger partial charge on any atom is 0.0521 e. The van der Waals surface area contributed by atoms with Crippen molar-refractivity contribution in [1.82, 2.24) is 15.1 Å². The van der Waals surface area contributed by atoms with Crippen molar-refractivity contribution in [2.24, 2.45) is 18.4 Å². The fourth-order valence-electron chi connectivity index (χ4n) is 3.28. The van der Waals surface area contributed by atoms with Gasteiger partial charge in [0.15, 0.2) is 0 Å². The lowest BCUT2D eigenvalue weighted by atomic mass is 9.80. The molecule has 1 N–H and O–H groups in total. The molecule has 108 valence electrons. The van der Waals surface area contributed by atoms with Crippen molar-refractivity contribution < 1.29 is 0 Å². The van der Waals surface area contributed by atoms with Gasteiger partial charge in [-0.3, -0.25) is 4.68 Å². The quantitative estimate of drug-likeness (QED) is 0.819. The molecule has 1 aliphatic rings.